The number of hydrogen-bond acceptors (Lipinski definition) is 1. The summed E-state index contributed by atoms with van der Waals surface area (Å²) >= 11 is 6.50. The molecule has 1 aliphatic rings. The van der Waals surface area contributed by atoms with E-state index in [2.05, 4.69) is 43.7 Å². The molecule has 1 saturated carbocycles. The molecule has 1 aliphatic carbocycles. The Balaban J connectivity index is 1.45. The van der Waals surface area contributed by atoms with E-state index in [0.717, 1.165) is 30.3 Å². The lowest BCUT2D eigenvalue weighted by molar-refractivity contribution is 0.304. The van der Waals surface area contributed by atoms with Crippen molar-refractivity contribution in [3.05, 3.63) is 59.5 Å². The smallest absolute Gasteiger partial charge is 0.137 e. The van der Waals surface area contributed by atoms with Crippen molar-refractivity contribution in [1.82, 2.24) is 0 Å². The summed E-state index contributed by atoms with van der Waals surface area (Å²) in [5.41, 5.74) is 3.81. The lowest BCUT2D eigenvalue weighted by Gasteiger charge is -2.21. The predicted molar refractivity (Wildman–Crippen MR) is 130 cm³/mol. The minimum atomic E-state index is 0.705. The van der Waals surface area contributed by atoms with Gasteiger partial charge in [0.2, 0.25) is 0 Å². The van der Waals surface area contributed by atoms with Crippen LogP contribution in [0.2, 0.25) is 5.02 Å². The lowest BCUT2D eigenvalue weighted by Crippen LogP contribution is -2.07. The van der Waals surface area contributed by atoms with Crippen molar-refractivity contribution < 1.29 is 4.74 Å². The number of ether oxygens (including phenoxy) is 1. The van der Waals surface area contributed by atoms with E-state index in [1.165, 1.54) is 81.8 Å². The van der Waals surface area contributed by atoms with Crippen LogP contribution in [0.25, 0.3) is 11.1 Å². The van der Waals surface area contributed by atoms with Gasteiger partial charge in [0.25, 0.3) is 0 Å². The monoisotopic (exact) mass is 425 g/mol. The highest BCUT2D eigenvalue weighted by atomic mass is 35.5. The predicted octanol–water partition coefficient (Wildman–Crippen LogP) is 9.07. The Hall–Kier alpha value is -1.47. The average molecular weight is 426 g/mol. The summed E-state index contributed by atoms with van der Waals surface area (Å²) in [5, 5.41) is 0.705. The van der Waals surface area contributed by atoms with Crippen molar-refractivity contribution >= 4 is 11.6 Å². The molecule has 2 heteroatoms. The number of aryl methyl sites for hydroxylation is 1. The van der Waals surface area contributed by atoms with Gasteiger partial charge in [-0.3, -0.25) is 0 Å². The van der Waals surface area contributed by atoms with Crippen LogP contribution in [0, 0.1) is 12.3 Å². The fourth-order valence-electron chi connectivity index (χ4n) is 4.38. The molecule has 0 unspecified atom stereocenters. The van der Waals surface area contributed by atoms with Gasteiger partial charge in [0.1, 0.15) is 5.75 Å². The van der Waals surface area contributed by atoms with Gasteiger partial charge >= 0.3 is 0 Å². The zero-order valence-electron chi connectivity index (χ0n) is 18.7. The number of unbranched alkanes of at least 4 members (excludes halogenated alkanes) is 5. The Morgan fingerprint density at radius 3 is 2.30 bits per heavy atom. The second-order valence-corrected chi connectivity index (χ2v) is 9.21. The minimum absolute atomic E-state index is 0.705. The quantitative estimate of drug-likeness (QED) is 0.308. The van der Waals surface area contributed by atoms with Gasteiger partial charge in [0.05, 0.1) is 11.6 Å². The largest absolute Gasteiger partial charge is 0.492 e. The van der Waals surface area contributed by atoms with Gasteiger partial charge in [-0.15, -0.1) is 0 Å². The molecule has 1 fully saturated rings. The van der Waals surface area contributed by atoms with Crippen LogP contribution in [0.5, 0.6) is 5.75 Å². The third-order valence-corrected chi connectivity index (χ3v) is 6.67. The molecule has 0 heterocycles. The lowest BCUT2D eigenvalue weighted by atomic mass is 9.85. The van der Waals surface area contributed by atoms with E-state index in [-0.39, 0.29) is 0 Å². The molecular formula is C28H38ClO. The van der Waals surface area contributed by atoms with E-state index < -0.39 is 0 Å². The second-order valence-electron chi connectivity index (χ2n) is 8.81. The number of hydrogen-bond donors (Lipinski definition) is 0. The molecule has 1 nitrogen and oxygen atoms in total. The fraction of sp³-hybridized carbons (Fsp3) is 0.536. The molecule has 0 aromatic heterocycles. The van der Waals surface area contributed by atoms with E-state index in [0.29, 0.717) is 5.02 Å². The van der Waals surface area contributed by atoms with Gasteiger partial charge in [0, 0.05) is 0 Å². The van der Waals surface area contributed by atoms with E-state index >= 15 is 0 Å². The second kappa shape index (κ2) is 13.1. The van der Waals surface area contributed by atoms with Crippen molar-refractivity contribution in [2.24, 2.45) is 5.92 Å². The fourth-order valence-corrected chi connectivity index (χ4v) is 4.62. The van der Waals surface area contributed by atoms with Crippen LogP contribution >= 0.6 is 11.6 Å². The Bertz CT molecular complexity index is 731. The van der Waals surface area contributed by atoms with Crippen LogP contribution in [0.3, 0.4) is 0 Å². The van der Waals surface area contributed by atoms with E-state index in [4.69, 9.17) is 16.3 Å². The maximum Gasteiger partial charge on any atom is 0.137 e. The number of rotatable bonds is 12. The number of halogens is 1. The summed E-state index contributed by atoms with van der Waals surface area (Å²) < 4.78 is 5.91. The molecule has 0 aliphatic heterocycles. The van der Waals surface area contributed by atoms with Crippen molar-refractivity contribution in [3.63, 3.8) is 0 Å². The SMILES string of the molecule is CCCCCCCCOc1ccc(-c2ccc(CCC3CC[CH]CC3)cc2)cc1Cl. The summed E-state index contributed by atoms with van der Waals surface area (Å²) in [6.45, 7) is 3.00. The first-order chi connectivity index (χ1) is 14.8. The zero-order valence-corrected chi connectivity index (χ0v) is 19.4. The van der Waals surface area contributed by atoms with Gasteiger partial charge in [-0.2, -0.15) is 0 Å². The third-order valence-electron chi connectivity index (χ3n) is 6.37. The summed E-state index contributed by atoms with van der Waals surface area (Å²) in [6.07, 6.45) is 17.9. The molecule has 0 amide bonds. The van der Waals surface area contributed by atoms with Crippen LogP contribution < -0.4 is 4.74 Å². The molecule has 30 heavy (non-hydrogen) atoms. The molecule has 163 valence electrons. The molecule has 2 aromatic carbocycles. The van der Waals surface area contributed by atoms with Gasteiger partial charge < -0.3 is 4.74 Å². The first kappa shape index (κ1) is 23.2. The first-order valence-corrected chi connectivity index (χ1v) is 12.5. The summed E-state index contributed by atoms with van der Waals surface area (Å²) in [6, 6.07) is 15.2. The van der Waals surface area contributed by atoms with Crippen molar-refractivity contribution in [1.29, 1.82) is 0 Å². The Labute approximate surface area is 189 Å². The Kier molecular flexibility index (Phi) is 10.1. The van der Waals surface area contributed by atoms with Crippen LogP contribution in [-0.4, -0.2) is 6.61 Å². The summed E-state index contributed by atoms with van der Waals surface area (Å²) in [7, 11) is 0. The van der Waals surface area contributed by atoms with Crippen LogP contribution in [0.4, 0.5) is 0 Å². The molecule has 0 atom stereocenters. The van der Waals surface area contributed by atoms with Gasteiger partial charge in [-0.1, -0.05) is 93.8 Å². The van der Waals surface area contributed by atoms with Crippen molar-refractivity contribution in [2.75, 3.05) is 6.61 Å². The Morgan fingerprint density at radius 2 is 1.57 bits per heavy atom. The molecule has 0 spiro atoms. The maximum atomic E-state index is 6.50. The topological polar surface area (TPSA) is 9.23 Å². The molecule has 2 aromatic rings. The molecule has 1 radical (unpaired) electrons. The maximum absolute atomic E-state index is 6.50. The number of benzene rings is 2. The van der Waals surface area contributed by atoms with Crippen molar-refractivity contribution in [2.45, 2.75) is 84.0 Å². The minimum Gasteiger partial charge on any atom is -0.492 e. The highest BCUT2D eigenvalue weighted by Gasteiger charge is 2.13. The molecule has 3 rings (SSSR count). The summed E-state index contributed by atoms with van der Waals surface area (Å²) in [5.74, 6) is 1.72. The van der Waals surface area contributed by atoms with E-state index in [1.54, 1.807) is 0 Å². The van der Waals surface area contributed by atoms with E-state index in [1.807, 2.05) is 12.1 Å². The normalized spacial score (nSPS) is 14.7. The molecule has 0 N–H and O–H groups in total. The summed E-state index contributed by atoms with van der Waals surface area (Å²) in [4.78, 5) is 0. The van der Waals surface area contributed by atoms with Gasteiger partial charge in [0.15, 0.2) is 0 Å². The van der Waals surface area contributed by atoms with Gasteiger partial charge in [-0.05, 0) is 73.3 Å². The van der Waals surface area contributed by atoms with Gasteiger partial charge in [-0.25, -0.2) is 0 Å². The van der Waals surface area contributed by atoms with E-state index in [9.17, 15) is 0 Å². The first-order valence-electron chi connectivity index (χ1n) is 12.1. The molecule has 0 saturated heterocycles. The molecule has 0 bridgehead atoms. The van der Waals surface area contributed by atoms with Crippen molar-refractivity contribution in [3.8, 4) is 16.9 Å². The third kappa shape index (κ3) is 7.65. The van der Waals surface area contributed by atoms with Crippen LogP contribution in [0.15, 0.2) is 42.5 Å². The van der Waals surface area contributed by atoms with Crippen LogP contribution in [-0.2, 0) is 6.42 Å². The standard InChI is InChI=1S/C28H38ClO/c1-2-3-4-5-6-10-21-30-28-20-19-26(22-27(28)29)25-17-15-24(16-18-25)14-13-23-11-8-7-9-12-23/h7,15-20,22-23H,2-6,8-14,21H2,1H3. The molecular weight excluding hydrogens is 388 g/mol. The highest BCUT2D eigenvalue weighted by molar-refractivity contribution is 6.32. The van der Waals surface area contributed by atoms with Crippen LogP contribution in [0.1, 0.15) is 83.1 Å². The zero-order chi connectivity index (χ0) is 21.0. The highest BCUT2D eigenvalue weighted by Crippen LogP contribution is 2.31. The Morgan fingerprint density at radius 1 is 0.867 bits per heavy atom. The average Bonchev–Trinajstić information content (AvgIpc) is 2.79.